The van der Waals surface area contributed by atoms with Gasteiger partial charge in [0.1, 0.15) is 5.17 Å². The Morgan fingerprint density at radius 1 is 1.21 bits per heavy atom. The first-order chi connectivity index (χ1) is 8.95. The fourth-order valence-electron chi connectivity index (χ4n) is 2.16. The van der Waals surface area contributed by atoms with Crippen molar-refractivity contribution in [1.29, 1.82) is 10.8 Å². The highest BCUT2D eigenvalue weighted by atomic mass is 35.5. The largest absolute Gasteiger partial charge is 0.469 e. The van der Waals surface area contributed by atoms with Crippen LogP contribution in [0.5, 0.6) is 0 Å². The molecule has 0 bridgehead atoms. The average Bonchev–Trinajstić information content (AvgIpc) is 2.43. The monoisotopic (exact) mass is 287 g/mol. The molecule has 6 nitrogen and oxygen atoms in total. The van der Waals surface area contributed by atoms with E-state index in [1.807, 2.05) is 0 Å². The first-order valence-electron chi connectivity index (χ1n) is 6.13. The third-order valence-electron chi connectivity index (χ3n) is 3.34. The zero-order chi connectivity index (χ0) is 14.4. The summed E-state index contributed by atoms with van der Waals surface area (Å²) in [4.78, 5) is 23.2. The Bertz CT molecular complexity index is 390. The number of amides is 1. The highest BCUT2D eigenvalue weighted by molar-refractivity contribution is 6.82. The maximum absolute atomic E-state index is 11.8. The third-order valence-corrected chi connectivity index (χ3v) is 3.56. The summed E-state index contributed by atoms with van der Waals surface area (Å²) in [6.45, 7) is -0.0297. The Kier molecular flexibility index (Phi) is 5.95. The van der Waals surface area contributed by atoms with E-state index in [9.17, 15) is 9.59 Å². The molecular formula is C12H18ClN3O3. The molecule has 3 N–H and O–H groups in total. The Labute approximate surface area is 116 Å². The fraction of sp³-hybridized carbons (Fsp3) is 0.667. The van der Waals surface area contributed by atoms with Gasteiger partial charge in [0.15, 0.2) is 0 Å². The molecule has 1 rings (SSSR count). The van der Waals surface area contributed by atoms with Crippen molar-refractivity contribution in [3.05, 3.63) is 0 Å². The van der Waals surface area contributed by atoms with Gasteiger partial charge < -0.3 is 15.5 Å². The molecule has 0 atom stereocenters. The lowest BCUT2D eigenvalue weighted by molar-refractivity contribution is -0.147. The van der Waals surface area contributed by atoms with Crippen molar-refractivity contribution < 1.29 is 14.3 Å². The van der Waals surface area contributed by atoms with E-state index in [2.05, 4.69) is 10.1 Å². The molecule has 7 heteroatoms. The zero-order valence-electron chi connectivity index (χ0n) is 10.8. The molecular weight excluding hydrogens is 270 g/mol. The highest BCUT2D eigenvalue weighted by Gasteiger charge is 2.30. The lowest BCUT2D eigenvalue weighted by Gasteiger charge is -2.26. The Balaban J connectivity index is 2.35. The smallest absolute Gasteiger partial charge is 0.308 e. The summed E-state index contributed by atoms with van der Waals surface area (Å²) in [5, 5.41) is 16.6. The van der Waals surface area contributed by atoms with Crippen molar-refractivity contribution >= 4 is 34.4 Å². The van der Waals surface area contributed by atoms with Crippen LogP contribution in [0.4, 0.5) is 0 Å². The van der Waals surface area contributed by atoms with Crippen LogP contribution in [-0.4, -0.2) is 36.4 Å². The van der Waals surface area contributed by atoms with Crippen molar-refractivity contribution in [3.63, 3.8) is 0 Å². The van der Waals surface area contributed by atoms with Gasteiger partial charge in [-0.05, 0) is 25.7 Å². The third kappa shape index (κ3) is 4.63. The molecule has 0 aromatic carbocycles. The van der Waals surface area contributed by atoms with Crippen LogP contribution < -0.4 is 5.32 Å². The van der Waals surface area contributed by atoms with Crippen LogP contribution in [0.2, 0.25) is 0 Å². The molecule has 0 radical (unpaired) electrons. The summed E-state index contributed by atoms with van der Waals surface area (Å²) in [7, 11) is 1.37. The first-order valence-corrected chi connectivity index (χ1v) is 6.51. The second-order valence-electron chi connectivity index (χ2n) is 4.58. The van der Waals surface area contributed by atoms with E-state index in [-0.39, 0.29) is 41.1 Å². The molecule has 0 spiro atoms. The minimum atomic E-state index is -0.366. The van der Waals surface area contributed by atoms with Crippen molar-refractivity contribution in [2.45, 2.75) is 25.7 Å². The summed E-state index contributed by atoms with van der Waals surface area (Å²) in [6.07, 6.45) is 2.57. The highest BCUT2D eigenvalue weighted by Crippen LogP contribution is 2.29. The molecule has 1 fully saturated rings. The SMILES string of the molecule is COC(=O)C1CCC(C(=O)NCC(=N)C(=N)Cl)CC1. The minimum Gasteiger partial charge on any atom is -0.469 e. The molecule has 0 aliphatic heterocycles. The summed E-state index contributed by atoms with van der Waals surface area (Å²) in [6, 6.07) is 0. The molecule has 1 amide bonds. The quantitative estimate of drug-likeness (QED) is 0.525. The number of methoxy groups -OCH3 is 1. The van der Waals surface area contributed by atoms with Crippen molar-refractivity contribution in [2.75, 3.05) is 13.7 Å². The summed E-state index contributed by atoms with van der Waals surface area (Å²) >= 11 is 5.32. The molecule has 106 valence electrons. The molecule has 0 unspecified atom stereocenters. The van der Waals surface area contributed by atoms with E-state index >= 15 is 0 Å². The van der Waals surface area contributed by atoms with E-state index in [0.717, 1.165) is 0 Å². The van der Waals surface area contributed by atoms with Gasteiger partial charge in [-0.15, -0.1) is 0 Å². The predicted molar refractivity (Wildman–Crippen MR) is 71.8 cm³/mol. The maximum Gasteiger partial charge on any atom is 0.308 e. The number of hydrogen-bond donors (Lipinski definition) is 3. The second-order valence-corrected chi connectivity index (χ2v) is 4.96. The lowest BCUT2D eigenvalue weighted by atomic mass is 9.81. The lowest BCUT2D eigenvalue weighted by Crippen LogP contribution is -2.38. The number of nitrogens with one attached hydrogen (secondary N) is 3. The van der Waals surface area contributed by atoms with Crippen molar-refractivity contribution in [3.8, 4) is 0 Å². The normalized spacial score (nSPS) is 22.4. The molecule has 0 saturated heterocycles. The second kappa shape index (κ2) is 7.23. The van der Waals surface area contributed by atoms with Crippen molar-refractivity contribution in [1.82, 2.24) is 5.32 Å². The van der Waals surface area contributed by atoms with E-state index in [0.29, 0.717) is 25.7 Å². The van der Waals surface area contributed by atoms with E-state index in [4.69, 9.17) is 22.4 Å². The molecule has 1 aliphatic rings. The molecule has 0 heterocycles. The van der Waals surface area contributed by atoms with Crippen LogP contribution in [-0.2, 0) is 14.3 Å². The van der Waals surface area contributed by atoms with Gasteiger partial charge >= 0.3 is 5.97 Å². The van der Waals surface area contributed by atoms with Crippen LogP contribution in [0.25, 0.3) is 0 Å². The van der Waals surface area contributed by atoms with Crippen LogP contribution in [0.1, 0.15) is 25.7 Å². The van der Waals surface area contributed by atoms with E-state index in [1.165, 1.54) is 7.11 Å². The maximum atomic E-state index is 11.8. The van der Waals surface area contributed by atoms with Gasteiger partial charge in [0.2, 0.25) is 5.91 Å². The first kappa shape index (κ1) is 15.6. The topological polar surface area (TPSA) is 103 Å². The van der Waals surface area contributed by atoms with Crippen LogP contribution in [0.15, 0.2) is 0 Å². The minimum absolute atomic E-state index is 0.0297. The number of rotatable bonds is 5. The van der Waals surface area contributed by atoms with Gasteiger partial charge in [-0.1, -0.05) is 11.6 Å². The molecule has 0 aromatic rings. The number of halogens is 1. The Hall–Kier alpha value is -1.43. The van der Waals surface area contributed by atoms with Gasteiger partial charge in [-0.2, -0.15) is 0 Å². The Morgan fingerprint density at radius 3 is 2.21 bits per heavy atom. The van der Waals surface area contributed by atoms with Gasteiger partial charge in [-0.25, -0.2) is 0 Å². The van der Waals surface area contributed by atoms with Crippen molar-refractivity contribution in [2.24, 2.45) is 11.8 Å². The Morgan fingerprint density at radius 2 is 1.74 bits per heavy atom. The summed E-state index contributed by atoms with van der Waals surface area (Å²) < 4.78 is 4.68. The van der Waals surface area contributed by atoms with Crippen LogP contribution in [0, 0.1) is 22.7 Å². The number of carbonyl (C=O) groups excluding carboxylic acids is 2. The van der Waals surface area contributed by atoms with Crippen LogP contribution >= 0.6 is 11.6 Å². The number of esters is 1. The zero-order valence-corrected chi connectivity index (χ0v) is 11.5. The van der Waals surface area contributed by atoms with Gasteiger partial charge in [-0.3, -0.25) is 15.0 Å². The molecule has 0 aromatic heterocycles. The molecule has 1 saturated carbocycles. The van der Waals surface area contributed by atoms with E-state index < -0.39 is 0 Å². The number of ether oxygens (including phenoxy) is 1. The number of carbonyl (C=O) groups is 2. The average molecular weight is 288 g/mol. The van der Waals surface area contributed by atoms with E-state index in [1.54, 1.807) is 0 Å². The van der Waals surface area contributed by atoms with Gasteiger partial charge in [0.05, 0.1) is 25.3 Å². The van der Waals surface area contributed by atoms with Crippen LogP contribution in [0.3, 0.4) is 0 Å². The summed E-state index contributed by atoms with van der Waals surface area (Å²) in [5.74, 6) is -0.608. The molecule has 1 aliphatic carbocycles. The van der Waals surface area contributed by atoms with Gasteiger partial charge in [0.25, 0.3) is 0 Å². The fourth-order valence-corrected chi connectivity index (χ4v) is 2.22. The standard InChI is InChI=1S/C12H18ClN3O3/c1-19-12(18)8-4-2-7(3-5-8)11(17)16-6-9(14)10(13)15/h7-8,14-15H,2-6H2,1H3,(H,16,17). The number of hydrogen-bond acceptors (Lipinski definition) is 5. The summed E-state index contributed by atoms with van der Waals surface area (Å²) in [5.41, 5.74) is -0.113. The molecule has 19 heavy (non-hydrogen) atoms. The van der Waals surface area contributed by atoms with Gasteiger partial charge in [0, 0.05) is 5.92 Å². The predicted octanol–water partition coefficient (Wildman–Crippen LogP) is 1.32.